The molecule has 0 N–H and O–H groups in total. The van der Waals surface area contributed by atoms with Crippen LogP contribution in [0.25, 0.3) is 10.8 Å². The molecule has 2 rings (SSSR count). The third kappa shape index (κ3) is 3.01. The van der Waals surface area contributed by atoms with Gasteiger partial charge in [-0.3, -0.25) is 0 Å². The minimum absolute atomic E-state index is 0.0925. The Morgan fingerprint density at radius 1 is 1.00 bits per heavy atom. The molecule has 0 atom stereocenters. The van der Waals surface area contributed by atoms with Gasteiger partial charge in [0, 0.05) is 18.2 Å². The van der Waals surface area contributed by atoms with Gasteiger partial charge in [0.1, 0.15) is 11.6 Å². The van der Waals surface area contributed by atoms with E-state index >= 15 is 0 Å². The number of benzene rings is 2. The number of ether oxygens (including phenoxy) is 2. The van der Waals surface area contributed by atoms with Crippen molar-refractivity contribution in [3.63, 3.8) is 0 Å². The Morgan fingerprint density at radius 2 is 1.64 bits per heavy atom. The molecule has 0 saturated heterocycles. The van der Waals surface area contributed by atoms with Gasteiger partial charge < -0.3 is 9.47 Å². The van der Waals surface area contributed by atoms with E-state index in [1.165, 1.54) is 12.1 Å². The summed E-state index contributed by atoms with van der Waals surface area (Å²) in [5, 5.41) is -0.240. The lowest BCUT2D eigenvalue weighted by atomic mass is 10.1. The third-order valence-corrected chi connectivity index (χ3v) is 2.71. The molecule has 0 aromatic heterocycles. The summed E-state index contributed by atoms with van der Waals surface area (Å²) in [4.78, 5) is 22.2. The average Bonchev–Trinajstić information content (AvgIpc) is 2.49. The van der Waals surface area contributed by atoms with Crippen LogP contribution in [0.3, 0.4) is 0 Å². The van der Waals surface area contributed by atoms with E-state index in [1.807, 2.05) is 0 Å². The maximum absolute atomic E-state index is 14.2. The van der Waals surface area contributed by atoms with Crippen molar-refractivity contribution in [3.05, 3.63) is 61.2 Å². The number of fused-ring (bicyclic) bond motifs is 1. The van der Waals surface area contributed by atoms with Gasteiger partial charge in [-0.25, -0.2) is 18.4 Å². The SMILES string of the molecule is C=CC(=O)Oc1cc(F)c2c(F)c(OC(=O)C=C)ccc2c1. The molecule has 6 heteroatoms. The van der Waals surface area contributed by atoms with Crippen LogP contribution in [0.1, 0.15) is 0 Å². The van der Waals surface area contributed by atoms with Crippen LogP contribution in [0.4, 0.5) is 8.78 Å². The van der Waals surface area contributed by atoms with Crippen LogP contribution in [0.5, 0.6) is 11.5 Å². The Bertz CT molecular complexity index is 796. The molecule has 2 aromatic carbocycles. The fourth-order valence-electron chi connectivity index (χ4n) is 1.77. The van der Waals surface area contributed by atoms with Gasteiger partial charge in [-0.05, 0) is 17.5 Å². The minimum atomic E-state index is -1.04. The van der Waals surface area contributed by atoms with E-state index < -0.39 is 29.3 Å². The lowest BCUT2D eigenvalue weighted by Crippen LogP contribution is -2.06. The summed E-state index contributed by atoms with van der Waals surface area (Å²) >= 11 is 0. The Labute approximate surface area is 124 Å². The van der Waals surface area contributed by atoms with Crippen molar-refractivity contribution in [3.8, 4) is 11.5 Å². The second kappa shape index (κ2) is 6.17. The molecule has 0 aliphatic carbocycles. The number of esters is 2. The van der Waals surface area contributed by atoms with E-state index in [9.17, 15) is 18.4 Å². The molecular formula is C16H10F2O4. The van der Waals surface area contributed by atoms with E-state index in [2.05, 4.69) is 17.9 Å². The van der Waals surface area contributed by atoms with Crippen LogP contribution in [-0.4, -0.2) is 11.9 Å². The first-order valence-electron chi connectivity index (χ1n) is 6.06. The molecule has 0 aliphatic rings. The highest BCUT2D eigenvalue weighted by Gasteiger charge is 2.16. The predicted molar refractivity (Wildman–Crippen MR) is 75.5 cm³/mol. The molecule has 0 spiro atoms. The first-order chi connectivity index (χ1) is 10.5. The number of rotatable bonds is 4. The fourth-order valence-corrected chi connectivity index (χ4v) is 1.77. The largest absolute Gasteiger partial charge is 0.423 e. The minimum Gasteiger partial charge on any atom is -0.423 e. The summed E-state index contributed by atoms with van der Waals surface area (Å²) in [5.41, 5.74) is 0. The number of carbonyl (C=O) groups excluding carboxylic acids is 2. The Morgan fingerprint density at radius 3 is 2.27 bits per heavy atom. The van der Waals surface area contributed by atoms with E-state index in [4.69, 9.17) is 4.74 Å². The molecule has 0 unspecified atom stereocenters. The van der Waals surface area contributed by atoms with Crippen LogP contribution < -0.4 is 9.47 Å². The molecule has 22 heavy (non-hydrogen) atoms. The highest BCUT2D eigenvalue weighted by atomic mass is 19.1. The van der Waals surface area contributed by atoms with Crippen LogP contribution in [0.15, 0.2) is 49.6 Å². The van der Waals surface area contributed by atoms with E-state index in [-0.39, 0.29) is 16.5 Å². The zero-order valence-corrected chi connectivity index (χ0v) is 11.3. The zero-order valence-electron chi connectivity index (χ0n) is 11.3. The maximum atomic E-state index is 14.2. The summed E-state index contributed by atoms with van der Waals surface area (Å²) in [7, 11) is 0. The highest BCUT2D eigenvalue weighted by Crippen LogP contribution is 2.31. The third-order valence-electron chi connectivity index (χ3n) is 2.71. The molecule has 4 nitrogen and oxygen atoms in total. The average molecular weight is 304 g/mol. The second-order valence-corrected chi connectivity index (χ2v) is 4.13. The van der Waals surface area contributed by atoms with E-state index in [1.54, 1.807) is 0 Å². The Hall–Kier alpha value is -3.02. The molecule has 0 bridgehead atoms. The van der Waals surface area contributed by atoms with Crippen LogP contribution in [0.2, 0.25) is 0 Å². The molecule has 2 aromatic rings. The highest BCUT2D eigenvalue weighted by molar-refractivity contribution is 5.90. The Kier molecular flexibility index (Phi) is 4.31. The van der Waals surface area contributed by atoms with Crippen molar-refractivity contribution in [1.29, 1.82) is 0 Å². The molecule has 0 aliphatic heterocycles. The van der Waals surface area contributed by atoms with Crippen LogP contribution in [-0.2, 0) is 9.59 Å². The Balaban J connectivity index is 2.52. The van der Waals surface area contributed by atoms with Gasteiger partial charge in [-0.1, -0.05) is 19.2 Å². The summed E-state index contributed by atoms with van der Waals surface area (Å²) in [6, 6.07) is 4.63. The summed E-state index contributed by atoms with van der Waals surface area (Å²) in [6.45, 7) is 6.40. The lowest BCUT2D eigenvalue weighted by Gasteiger charge is -2.09. The molecule has 0 heterocycles. The van der Waals surface area contributed by atoms with Gasteiger partial charge in [0.15, 0.2) is 11.6 Å². The zero-order chi connectivity index (χ0) is 16.3. The van der Waals surface area contributed by atoms with E-state index in [0.717, 1.165) is 24.3 Å². The van der Waals surface area contributed by atoms with Crippen molar-refractivity contribution >= 4 is 22.7 Å². The molecule has 0 fully saturated rings. The van der Waals surface area contributed by atoms with Crippen molar-refractivity contribution in [2.75, 3.05) is 0 Å². The first-order valence-corrected chi connectivity index (χ1v) is 6.06. The van der Waals surface area contributed by atoms with Gasteiger partial charge >= 0.3 is 11.9 Å². The second-order valence-electron chi connectivity index (χ2n) is 4.13. The number of halogens is 2. The summed E-state index contributed by atoms with van der Waals surface area (Å²) in [5.74, 6) is -4.15. The van der Waals surface area contributed by atoms with Crippen molar-refractivity contribution in [1.82, 2.24) is 0 Å². The normalized spacial score (nSPS) is 10.1. The molecule has 112 valence electrons. The van der Waals surface area contributed by atoms with Gasteiger partial charge in [0.2, 0.25) is 0 Å². The van der Waals surface area contributed by atoms with Gasteiger partial charge in [0.25, 0.3) is 0 Å². The van der Waals surface area contributed by atoms with Crippen molar-refractivity contribution < 1.29 is 27.8 Å². The quantitative estimate of drug-likeness (QED) is 0.494. The lowest BCUT2D eigenvalue weighted by molar-refractivity contribution is -0.130. The molecule has 0 saturated carbocycles. The van der Waals surface area contributed by atoms with Gasteiger partial charge in [-0.15, -0.1) is 0 Å². The summed E-state index contributed by atoms with van der Waals surface area (Å²) in [6.07, 6.45) is 1.78. The molecule has 0 radical (unpaired) electrons. The smallest absolute Gasteiger partial charge is 0.335 e. The monoisotopic (exact) mass is 304 g/mol. The standard InChI is InChI=1S/C16H10F2O4/c1-3-13(19)21-10-7-9-5-6-12(22-14(20)4-2)16(18)15(9)11(17)8-10/h3-8H,1-2H2. The van der Waals surface area contributed by atoms with E-state index in [0.29, 0.717) is 0 Å². The molecular weight excluding hydrogens is 294 g/mol. The van der Waals surface area contributed by atoms with Crippen LogP contribution in [0, 0.1) is 11.6 Å². The number of carbonyl (C=O) groups is 2. The predicted octanol–water partition coefficient (Wildman–Crippen LogP) is 3.30. The number of hydrogen-bond acceptors (Lipinski definition) is 4. The summed E-state index contributed by atoms with van der Waals surface area (Å²) < 4.78 is 37.7. The van der Waals surface area contributed by atoms with Crippen LogP contribution >= 0.6 is 0 Å². The van der Waals surface area contributed by atoms with Gasteiger partial charge in [0.05, 0.1) is 5.39 Å². The van der Waals surface area contributed by atoms with Gasteiger partial charge in [-0.2, -0.15) is 0 Å². The first kappa shape index (κ1) is 15.4. The number of hydrogen-bond donors (Lipinski definition) is 0. The van der Waals surface area contributed by atoms with Crippen molar-refractivity contribution in [2.45, 2.75) is 0 Å². The topological polar surface area (TPSA) is 52.6 Å². The molecule has 0 amide bonds. The maximum Gasteiger partial charge on any atom is 0.335 e. The van der Waals surface area contributed by atoms with Crippen molar-refractivity contribution in [2.24, 2.45) is 0 Å². The fraction of sp³-hybridized carbons (Fsp3) is 0.